The molecule has 1 atom stereocenters. The van der Waals surface area contributed by atoms with Crippen molar-refractivity contribution in [2.45, 2.75) is 19.4 Å². The van der Waals surface area contributed by atoms with Gasteiger partial charge in [0.1, 0.15) is 11.4 Å². The maximum Gasteiger partial charge on any atom is 0.255 e. The number of ether oxygens (including phenoxy) is 1. The normalized spacial score (nSPS) is 13.4. The maximum absolute atomic E-state index is 12.4. The predicted octanol–water partition coefficient (Wildman–Crippen LogP) is 2.11. The van der Waals surface area contributed by atoms with Gasteiger partial charge >= 0.3 is 0 Å². The molecule has 6 nitrogen and oxygen atoms in total. The van der Waals surface area contributed by atoms with E-state index in [1.807, 2.05) is 6.92 Å². The largest absolute Gasteiger partial charge is 0.493 e. The number of carbonyl (C=O) groups excluding carboxylic acids is 1. The third-order valence-electron chi connectivity index (χ3n) is 3.41. The first-order chi connectivity index (χ1) is 10.8. The molecular weight excluding hydrogens is 318 g/mol. The zero-order valence-electron chi connectivity index (χ0n) is 13.3. The fraction of sp³-hybridized carbons (Fsp3) is 0.375. The summed E-state index contributed by atoms with van der Waals surface area (Å²) < 4.78 is 7.03. The van der Waals surface area contributed by atoms with Crippen LogP contribution < -0.4 is 10.1 Å². The van der Waals surface area contributed by atoms with Gasteiger partial charge in [-0.1, -0.05) is 11.6 Å². The number of carbonyl (C=O) groups is 1. The summed E-state index contributed by atoms with van der Waals surface area (Å²) in [4.78, 5) is 12.4. The number of amides is 1. The van der Waals surface area contributed by atoms with Gasteiger partial charge in [0.2, 0.25) is 0 Å². The van der Waals surface area contributed by atoms with E-state index in [2.05, 4.69) is 10.4 Å². The predicted molar refractivity (Wildman–Crippen MR) is 87.7 cm³/mol. The third-order valence-corrected chi connectivity index (χ3v) is 3.64. The maximum atomic E-state index is 12.4. The molecule has 2 rings (SSSR count). The highest BCUT2D eigenvalue weighted by Gasteiger charge is 2.26. The van der Waals surface area contributed by atoms with Crippen molar-refractivity contribution in [3.05, 3.63) is 46.7 Å². The van der Waals surface area contributed by atoms with Crippen molar-refractivity contribution >= 4 is 17.5 Å². The molecule has 7 heteroatoms. The van der Waals surface area contributed by atoms with Gasteiger partial charge in [-0.2, -0.15) is 5.10 Å². The standard InChI is InChI=1S/C16H20ClN3O3/c1-4-23-14-7-12(17)5-6-13(14)15(21)18-10-16(2,22)11-8-19-20(3)9-11/h5-9,22H,4,10H2,1-3H3,(H,18,21). The second-order valence-corrected chi connectivity index (χ2v) is 5.87. The minimum Gasteiger partial charge on any atom is -0.493 e. The van der Waals surface area contributed by atoms with Crippen molar-refractivity contribution in [1.29, 1.82) is 0 Å². The van der Waals surface area contributed by atoms with Gasteiger partial charge < -0.3 is 15.2 Å². The molecular formula is C16H20ClN3O3. The molecule has 1 heterocycles. The Hall–Kier alpha value is -2.05. The number of benzene rings is 1. The van der Waals surface area contributed by atoms with Gasteiger partial charge in [-0.05, 0) is 32.0 Å². The molecule has 1 aromatic carbocycles. The molecule has 1 amide bonds. The van der Waals surface area contributed by atoms with Gasteiger partial charge in [-0.3, -0.25) is 9.48 Å². The SMILES string of the molecule is CCOc1cc(Cl)ccc1C(=O)NCC(C)(O)c1cnn(C)c1. The monoisotopic (exact) mass is 337 g/mol. The van der Waals surface area contributed by atoms with Crippen molar-refractivity contribution < 1.29 is 14.6 Å². The van der Waals surface area contributed by atoms with E-state index in [1.54, 1.807) is 49.2 Å². The first-order valence-electron chi connectivity index (χ1n) is 7.25. The molecule has 2 N–H and O–H groups in total. The Balaban J connectivity index is 2.10. The van der Waals surface area contributed by atoms with Crippen LogP contribution in [0.4, 0.5) is 0 Å². The summed E-state index contributed by atoms with van der Waals surface area (Å²) >= 11 is 5.93. The minimum atomic E-state index is -1.22. The molecule has 1 aromatic heterocycles. The number of hydrogen-bond donors (Lipinski definition) is 2. The van der Waals surface area contributed by atoms with Crippen molar-refractivity contribution in [3.63, 3.8) is 0 Å². The number of nitrogens with zero attached hydrogens (tertiary/aromatic N) is 2. The van der Waals surface area contributed by atoms with Crippen molar-refractivity contribution in [1.82, 2.24) is 15.1 Å². The van der Waals surface area contributed by atoms with Crippen LogP contribution in [-0.4, -0.2) is 33.9 Å². The molecule has 2 aromatic rings. The van der Waals surface area contributed by atoms with Gasteiger partial charge in [-0.15, -0.1) is 0 Å². The summed E-state index contributed by atoms with van der Waals surface area (Å²) in [6.45, 7) is 3.92. The van der Waals surface area contributed by atoms with Crippen LogP contribution in [0.2, 0.25) is 5.02 Å². The van der Waals surface area contributed by atoms with Crippen LogP contribution in [0.5, 0.6) is 5.75 Å². The van der Waals surface area contributed by atoms with Gasteiger partial charge in [0.25, 0.3) is 5.91 Å². The topological polar surface area (TPSA) is 76.4 Å². The molecule has 0 fully saturated rings. The van der Waals surface area contributed by atoms with Crippen molar-refractivity contribution in [3.8, 4) is 5.75 Å². The van der Waals surface area contributed by atoms with Crippen molar-refractivity contribution in [2.24, 2.45) is 7.05 Å². The molecule has 0 saturated carbocycles. The lowest BCUT2D eigenvalue weighted by Crippen LogP contribution is -2.38. The Bertz CT molecular complexity index is 698. The average molecular weight is 338 g/mol. The summed E-state index contributed by atoms with van der Waals surface area (Å²) in [7, 11) is 1.76. The van der Waals surface area contributed by atoms with E-state index in [-0.39, 0.29) is 12.5 Å². The molecule has 0 spiro atoms. The fourth-order valence-electron chi connectivity index (χ4n) is 2.11. The minimum absolute atomic E-state index is 0.0473. The van der Waals surface area contributed by atoms with Gasteiger partial charge in [0.05, 0.1) is 24.9 Å². The third kappa shape index (κ3) is 4.24. The number of aromatic nitrogens is 2. The Kier molecular flexibility index (Phi) is 5.28. The van der Waals surface area contributed by atoms with Crippen LogP contribution in [0.1, 0.15) is 29.8 Å². The molecule has 0 radical (unpaired) electrons. The van der Waals surface area contributed by atoms with Crippen LogP contribution in [0, 0.1) is 0 Å². The number of nitrogens with one attached hydrogen (secondary N) is 1. The first-order valence-corrected chi connectivity index (χ1v) is 7.63. The molecule has 0 aliphatic carbocycles. The summed E-state index contributed by atoms with van der Waals surface area (Å²) in [6, 6.07) is 4.82. The second kappa shape index (κ2) is 7.02. The Labute approximate surface area is 140 Å². The zero-order chi connectivity index (χ0) is 17.0. The number of aryl methyl sites for hydroxylation is 1. The Morgan fingerprint density at radius 2 is 2.26 bits per heavy atom. The van der Waals surface area contributed by atoms with Crippen LogP contribution in [0.15, 0.2) is 30.6 Å². The van der Waals surface area contributed by atoms with Gasteiger partial charge in [-0.25, -0.2) is 0 Å². The smallest absolute Gasteiger partial charge is 0.255 e. The molecule has 0 saturated heterocycles. The van der Waals surface area contributed by atoms with E-state index < -0.39 is 5.60 Å². The molecule has 0 aliphatic heterocycles. The lowest BCUT2D eigenvalue weighted by atomic mass is 9.99. The van der Waals surface area contributed by atoms with Gasteiger partial charge in [0, 0.05) is 23.8 Å². The fourth-order valence-corrected chi connectivity index (χ4v) is 2.27. The van der Waals surface area contributed by atoms with E-state index in [1.165, 1.54) is 0 Å². The van der Waals surface area contributed by atoms with E-state index in [4.69, 9.17) is 16.3 Å². The highest BCUT2D eigenvalue weighted by atomic mass is 35.5. The molecule has 1 unspecified atom stereocenters. The molecule has 0 bridgehead atoms. The summed E-state index contributed by atoms with van der Waals surface area (Å²) in [5.41, 5.74) is -0.220. The highest BCUT2D eigenvalue weighted by Crippen LogP contribution is 2.24. The van der Waals surface area contributed by atoms with Crippen LogP contribution in [-0.2, 0) is 12.6 Å². The zero-order valence-corrected chi connectivity index (χ0v) is 14.1. The lowest BCUT2D eigenvalue weighted by molar-refractivity contribution is 0.0525. The molecule has 0 aliphatic rings. The average Bonchev–Trinajstić information content (AvgIpc) is 2.93. The first kappa shape index (κ1) is 17.3. The number of hydrogen-bond acceptors (Lipinski definition) is 4. The van der Waals surface area contributed by atoms with E-state index in [0.29, 0.717) is 28.5 Å². The molecule has 124 valence electrons. The van der Waals surface area contributed by atoms with Crippen LogP contribution >= 0.6 is 11.6 Å². The second-order valence-electron chi connectivity index (χ2n) is 5.43. The Morgan fingerprint density at radius 1 is 1.52 bits per heavy atom. The number of halogens is 1. The summed E-state index contributed by atoms with van der Waals surface area (Å²) in [5, 5.41) is 17.7. The van der Waals surface area contributed by atoms with E-state index in [9.17, 15) is 9.90 Å². The molecule has 23 heavy (non-hydrogen) atoms. The number of aliphatic hydroxyl groups is 1. The van der Waals surface area contributed by atoms with E-state index in [0.717, 1.165) is 0 Å². The van der Waals surface area contributed by atoms with Gasteiger partial charge in [0.15, 0.2) is 0 Å². The lowest BCUT2D eigenvalue weighted by Gasteiger charge is -2.22. The van der Waals surface area contributed by atoms with Crippen molar-refractivity contribution in [2.75, 3.05) is 13.2 Å². The number of rotatable bonds is 6. The summed E-state index contributed by atoms with van der Waals surface area (Å²) in [6.07, 6.45) is 3.28. The Morgan fingerprint density at radius 3 is 2.87 bits per heavy atom. The van der Waals surface area contributed by atoms with Crippen LogP contribution in [0.3, 0.4) is 0 Å². The summed E-state index contributed by atoms with van der Waals surface area (Å²) in [5.74, 6) is 0.0767. The van der Waals surface area contributed by atoms with E-state index >= 15 is 0 Å². The quantitative estimate of drug-likeness (QED) is 0.846. The highest BCUT2D eigenvalue weighted by molar-refractivity contribution is 6.30. The van der Waals surface area contributed by atoms with Crippen LogP contribution in [0.25, 0.3) is 0 Å².